The average molecular weight is 527 g/mol. The van der Waals surface area contributed by atoms with Gasteiger partial charge in [0.25, 0.3) is 0 Å². The molecule has 0 saturated heterocycles. The van der Waals surface area contributed by atoms with E-state index in [0.29, 0.717) is 21.7 Å². The third-order valence-electron chi connectivity index (χ3n) is 5.34. The van der Waals surface area contributed by atoms with E-state index in [1.54, 1.807) is 69.3 Å². The highest BCUT2D eigenvalue weighted by Gasteiger charge is 2.33. The summed E-state index contributed by atoms with van der Waals surface area (Å²) in [4.78, 5) is 29.3. The molecule has 3 aromatic carbocycles. The summed E-state index contributed by atoms with van der Waals surface area (Å²) in [6.45, 7) is 5.59. The van der Waals surface area contributed by atoms with Crippen LogP contribution in [0.3, 0.4) is 0 Å². The summed E-state index contributed by atoms with van der Waals surface area (Å²) in [5.74, 6) is -0.697. The van der Waals surface area contributed by atoms with Crippen LogP contribution in [0.25, 0.3) is 21.3 Å². The topological polar surface area (TPSA) is 68.3 Å². The Balaban J connectivity index is 1.43. The van der Waals surface area contributed by atoms with Crippen molar-refractivity contribution in [1.29, 1.82) is 0 Å². The summed E-state index contributed by atoms with van der Waals surface area (Å²) in [6.07, 6.45) is -4.44. The number of hydrogen-bond acceptors (Lipinski definition) is 5. The minimum Gasteiger partial charge on any atom is -0.456 e. The van der Waals surface area contributed by atoms with E-state index in [-0.39, 0.29) is 24.4 Å². The molecule has 0 saturated carbocycles. The zero-order valence-electron chi connectivity index (χ0n) is 20.5. The fraction of sp³-hybridized carbons (Fsp3) is 0.250. The highest BCUT2D eigenvalue weighted by Crippen LogP contribution is 2.38. The van der Waals surface area contributed by atoms with Gasteiger partial charge in [0.05, 0.1) is 27.8 Å². The minimum absolute atomic E-state index is 0.0274. The molecule has 4 rings (SSSR count). The minimum atomic E-state index is -4.47. The number of ether oxygens (including phenoxy) is 1. The van der Waals surface area contributed by atoms with E-state index < -0.39 is 23.3 Å². The van der Waals surface area contributed by atoms with Gasteiger partial charge in [-0.2, -0.15) is 13.2 Å². The van der Waals surface area contributed by atoms with Crippen LogP contribution in [0.5, 0.6) is 0 Å². The molecule has 0 aliphatic rings. The van der Waals surface area contributed by atoms with Crippen molar-refractivity contribution in [2.45, 2.75) is 45.5 Å². The van der Waals surface area contributed by atoms with Gasteiger partial charge in [0.2, 0.25) is 5.91 Å². The summed E-state index contributed by atoms with van der Waals surface area (Å²) >= 11 is 1.32. The van der Waals surface area contributed by atoms with Crippen LogP contribution in [0.2, 0.25) is 0 Å². The Morgan fingerprint density at radius 3 is 2.46 bits per heavy atom. The van der Waals surface area contributed by atoms with Gasteiger partial charge in [-0.15, -0.1) is 11.3 Å². The summed E-state index contributed by atoms with van der Waals surface area (Å²) in [7, 11) is 0. The number of halogens is 3. The predicted molar refractivity (Wildman–Crippen MR) is 137 cm³/mol. The maximum absolute atomic E-state index is 13.4. The molecule has 0 radical (unpaired) electrons. The first kappa shape index (κ1) is 26.3. The van der Waals surface area contributed by atoms with Crippen LogP contribution >= 0.6 is 11.3 Å². The molecule has 192 valence electrons. The number of fused-ring (bicyclic) bond motifs is 1. The highest BCUT2D eigenvalue weighted by molar-refractivity contribution is 7.18. The number of rotatable bonds is 6. The summed E-state index contributed by atoms with van der Waals surface area (Å²) in [6, 6.07) is 17.2. The van der Waals surface area contributed by atoms with E-state index in [1.165, 1.54) is 23.5 Å². The lowest BCUT2D eigenvalue weighted by molar-refractivity contribution is -0.137. The molecule has 9 heteroatoms. The molecule has 1 heterocycles. The first-order chi connectivity index (χ1) is 17.4. The van der Waals surface area contributed by atoms with Crippen molar-refractivity contribution in [1.82, 2.24) is 10.3 Å². The lowest BCUT2D eigenvalue weighted by atomic mass is 9.99. The van der Waals surface area contributed by atoms with Gasteiger partial charge in [-0.3, -0.25) is 4.79 Å². The number of alkyl halides is 3. The maximum Gasteiger partial charge on any atom is 0.417 e. The van der Waals surface area contributed by atoms with Gasteiger partial charge in [-0.25, -0.2) is 9.78 Å². The lowest BCUT2D eigenvalue weighted by Crippen LogP contribution is -2.25. The Kier molecular flexibility index (Phi) is 7.36. The van der Waals surface area contributed by atoms with Gasteiger partial charge in [-0.05, 0) is 67.8 Å². The molecule has 5 nitrogen and oxygen atoms in total. The molecular formula is C28H25F3N2O3S. The number of benzene rings is 3. The van der Waals surface area contributed by atoms with Crippen molar-refractivity contribution in [3.8, 4) is 11.1 Å². The summed E-state index contributed by atoms with van der Waals surface area (Å²) < 4.78 is 46.5. The normalized spacial score (nSPS) is 11.9. The van der Waals surface area contributed by atoms with Crippen molar-refractivity contribution in [2.24, 2.45) is 0 Å². The monoisotopic (exact) mass is 526 g/mol. The maximum atomic E-state index is 13.4. The number of hydrogen-bond donors (Lipinski definition) is 1. The number of amides is 1. The van der Waals surface area contributed by atoms with Gasteiger partial charge in [-0.1, -0.05) is 36.4 Å². The van der Waals surface area contributed by atoms with E-state index in [1.807, 2.05) is 0 Å². The molecule has 0 aliphatic carbocycles. The van der Waals surface area contributed by atoms with Gasteiger partial charge < -0.3 is 10.1 Å². The molecule has 0 spiro atoms. The molecule has 37 heavy (non-hydrogen) atoms. The molecule has 0 aliphatic heterocycles. The van der Waals surface area contributed by atoms with Crippen LogP contribution in [-0.4, -0.2) is 22.5 Å². The van der Waals surface area contributed by atoms with Gasteiger partial charge >= 0.3 is 12.1 Å². The third-order valence-corrected chi connectivity index (χ3v) is 6.37. The van der Waals surface area contributed by atoms with Crippen molar-refractivity contribution < 1.29 is 27.5 Å². The second kappa shape index (κ2) is 10.3. The Morgan fingerprint density at radius 1 is 0.973 bits per heavy atom. The van der Waals surface area contributed by atoms with Crippen LogP contribution in [0.4, 0.5) is 13.2 Å². The standard InChI is InChI=1S/C28H25F3N2O3S/c1-27(2,3)36-26(35)19-8-6-7-17(13-19)16-32-24(34)15-25-33-22-14-18(11-12-23(22)37-25)20-9-4-5-10-21(20)28(29,30)31/h4-14H,15-16H2,1-3H3,(H,32,34). The van der Waals surface area contributed by atoms with Crippen molar-refractivity contribution in [2.75, 3.05) is 0 Å². The quantitative estimate of drug-likeness (QED) is 0.281. The van der Waals surface area contributed by atoms with Crippen LogP contribution in [0, 0.1) is 0 Å². The Bertz CT molecular complexity index is 1460. The molecular weight excluding hydrogens is 501 g/mol. The molecule has 0 fully saturated rings. The molecule has 0 bridgehead atoms. The first-order valence-corrected chi connectivity index (χ1v) is 12.4. The van der Waals surface area contributed by atoms with Crippen LogP contribution in [0.1, 0.15) is 47.3 Å². The van der Waals surface area contributed by atoms with E-state index in [2.05, 4.69) is 10.3 Å². The average Bonchev–Trinajstić information content (AvgIpc) is 3.22. The Labute approximate surface area is 216 Å². The largest absolute Gasteiger partial charge is 0.456 e. The summed E-state index contributed by atoms with van der Waals surface area (Å²) in [5, 5.41) is 3.37. The molecule has 1 amide bonds. The number of carbonyl (C=O) groups is 2. The second-order valence-electron chi connectivity index (χ2n) is 9.49. The van der Waals surface area contributed by atoms with Crippen molar-refractivity contribution >= 4 is 33.4 Å². The molecule has 1 aromatic heterocycles. The van der Waals surface area contributed by atoms with Crippen LogP contribution < -0.4 is 5.32 Å². The Morgan fingerprint density at radius 2 is 1.73 bits per heavy atom. The fourth-order valence-electron chi connectivity index (χ4n) is 3.75. The van der Waals surface area contributed by atoms with Gasteiger partial charge in [0.1, 0.15) is 10.6 Å². The van der Waals surface area contributed by atoms with E-state index in [0.717, 1.165) is 16.3 Å². The number of nitrogens with zero attached hydrogens (tertiary/aromatic N) is 1. The predicted octanol–water partition coefficient (Wildman–Crippen LogP) is 6.80. The lowest BCUT2D eigenvalue weighted by Gasteiger charge is -2.19. The number of carbonyl (C=O) groups excluding carboxylic acids is 2. The smallest absolute Gasteiger partial charge is 0.417 e. The van der Waals surface area contributed by atoms with Gasteiger partial charge in [0.15, 0.2) is 0 Å². The van der Waals surface area contributed by atoms with E-state index in [9.17, 15) is 22.8 Å². The number of thiazole rings is 1. The number of esters is 1. The van der Waals surface area contributed by atoms with Gasteiger partial charge in [0, 0.05) is 6.54 Å². The van der Waals surface area contributed by atoms with Crippen LogP contribution in [-0.2, 0) is 28.7 Å². The second-order valence-corrected chi connectivity index (χ2v) is 10.6. The Hall–Kier alpha value is -3.72. The molecule has 0 atom stereocenters. The van der Waals surface area contributed by atoms with Crippen molar-refractivity contribution in [3.05, 3.63) is 88.4 Å². The fourth-order valence-corrected chi connectivity index (χ4v) is 4.69. The molecule has 0 unspecified atom stereocenters. The van der Waals surface area contributed by atoms with E-state index in [4.69, 9.17) is 4.74 Å². The zero-order chi connectivity index (χ0) is 26.8. The molecule has 1 N–H and O–H groups in total. The number of aromatic nitrogens is 1. The van der Waals surface area contributed by atoms with Crippen molar-refractivity contribution in [3.63, 3.8) is 0 Å². The highest BCUT2D eigenvalue weighted by atomic mass is 32.1. The zero-order valence-corrected chi connectivity index (χ0v) is 21.3. The van der Waals surface area contributed by atoms with E-state index >= 15 is 0 Å². The first-order valence-electron chi connectivity index (χ1n) is 11.5. The van der Waals surface area contributed by atoms with Crippen LogP contribution in [0.15, 0.2) is 66.7 Å². The molecule has 4 aromatic rings. The SMILES string of the molecule is CC(C)(C)OC(=O)c1cccc(CNC(=O)Cc2nc3cc(-c4ccccc4C(F)(F)F)ccc3s2)c1. The third kappa shape index (κ3) is 6.74. The number of nitrogens with one attached hydrogen (secondary N) is 1. The summed E-state index contributed by atoms with van der Waals surface area (Å²) in [5.41, 5.74) is 0.850.